The summed E-state index contributed by atoms with van der Waals surface area (Å²) in [5, 5.41) is 0. The van der Waals surface area contributed by atoms with Gasteiger partial charge in [-0.1, -0.05) is 12.2 Å². The lowest BCUT2D eigenvalue weighted by atomic mass is 10.0. The first-order chi connectivity index (χ1) is 6.40. The molecular formula is C11H19Cl2N. The Labute approximate surface area is 97.2 Å². The standard InChI is InChI=1S/C11H19Cl2N/c1-9(2)14-10(3)11(4,13)7-5-6-8-12/h5-6,9H,7-8H2,1-4H3/b6-5-,14-10?. The molecule has 0 heterocycles. The molecule has 0 rings (SSSR count). The number of allylic oxidation sites excluding steroid dienone is 2. The van der Waals surface area contributed by atoms with Crippen LogP contribution >= 0.6 is 23.2 Å². The molecule has 0 aromatic heterocycles. The van der Waals surface area contributed by atoms with Gasteiger partial charge < -0.3 is 0 Å². The smallest absolute Gasteiger partial charge is 0.0825 e. The molecular weight excluding hydrogens is 217 g/mol. The summed E-state index contributed by atoms with van der Waals surface area (Å²) in [6, 6.07) is 0.296. The van der Waals surface area contributed by atoms with Gasteiger partial charge in [0.15, 0.2) is 0 Å². The van der Waals surface area contributed by atoms with Crippen LogP contribution < -0.4 is 0 Å². The van der Waals surface area contributed by atoms with Gasteiger partial charge in [0.2, 0.25) is 0 Å². The van der Waals surface area contributed by atoms with Gasteiger partial charge in [0.25, 0.3) is 0 Å². The van der Waals surface area contributed by atoms with E-state index in [-0.39, 0.29) is 4.87 Å². The number of halogens is 2. The van der Waals surface area contributed by atoms with Gasteiger partial charge in [-0.3, -0.25) is 4.99 Å². The highest BCUT2D eigenvalue weighted by Crippen LogP contribution is 2.22. The fraction of sp³-hybridized carbons (Fsp3) is 0.727. The first-order valence-corrected chi connectivity index (χ1v) is 5.76. The fourth-order valence-corrected chi connectivity index (χ4v) is 1.30. The van der Waals surface area contributed by atoms with Crippen LogP contribution in [0.4, 0.5) is 0 Å². The van der Waals surface area contributed by atoms with Gasteiger partial charge in [-0.25, -0.2) is 0 Å². The molecule has 0 saturated carbocycles. The summed E-state index contributed by atoms with van der Waals surface area (Å²) in [5.74, 6) is 0.535. The fourth-order valence-electron chi connectivity index (χ4n) is 1.04. The van der Waals surface area contributed by atoms with E-state index in [2.05, 4.69) is 4.99 Å². The summed E-state index contributed by atoms with van der Waals surface area (Å²) in [7, 11) is 0. The summed E-state index contributed by atoms with van der Waals surface area (Å²) >= 11 is 11.9. The van der Waals surface area contributed by atoms with Crippen molar-refractivity contribution in [3.05, 3.63) is 12.2 Å². The quantitative estimate of drug-likeness (QED) is 0.388. The molecule has 0 amide bonds. The SMILES string of the molecule is CC(=NC(C)C)C(C)(Cl)C/C=C\CCl. The van der Waals surface area contributed by atoms with Gasteiger partial charge in [0.1, 0.15) is 0 Å². The second-order valence-corrected chi connectivity index (χ2v) is 4.98. The van der Waals surface area contributed by atoms with E-state index in [1.165, 1.54) is 0 Å². The monoisotopic (exact) mass is 235 g/mol. The molecule has 0 spiro atoms. The van der Waals surface area contributed by atoms with Crippen LogP contribution in [0, 0.1) is 0 Å². The number of hydrogen-bond acceptors (Lipinski definition) is 1. The molecule has 3 heteroatoms. The molecule has 82 valence electrons. The van der Waals surface area contributed by atoms with E-state index >= 15 is 0 Å². The molecule has 0 aromatic rings. The van der Waals surface area contributed by atoms with E-state index in [1.807, 2.05) is 39.8 Å². The highest BCUT2D eigenvalue weighted by molar-refractivity contribution is 6.35. The molecule has 0 fully saturated rings. The maximum absolute atomic E-state index is 6.34. The van der Waals surface area contributed by atoms with E-state index < -0.39 is 0 Å². The Bertz CT molecular complexity index is 217. The number of rotatable bonds is 5. The van der Waals surface area contributed by atoms with E-state index in [4.69, 9.17) is 23.2 Å². The summed E-state index contributed by atoms with van der Waals surface area (Å²) in [4.78, 5) is 4.06. The van der Waals surface area contributed by atoms with Crippen molar-refractivity contribution in [2.24, 2.45) is 4.99 Å². The second kappa shape index (κ2) is 6.47. The first kappa shape index (κ1) is 14.0. The molecule has 0 aliphatic heterocycles. The Morgan fingerprint density at radius 3 is 2.43 bits per heavy atom. The molecule has 0 aliphatic rings. The zero-order valence-corrected chi connectivity index (χ0v) is 10.9. The Kier molecular flexibility index (Phi) is 6.46. The van der Waals surface area contributed by atoms with Crippen LogP contribution in [0.3, 0.4) is 0 Å². The van der Waals surface area contributed by atoms with Crippen LogP contribution in [0.2, 0.25) is 0 Å². The lowest BCUT2D eigenvalue weighted by Crippen LogP contribution is -2.26. The number of alkyl halides is 2. The van der Waals surface area contributed by atoms with Crippen LogP contribution in [0.1, 0.15) is 34.1 Å². The maximum atomic E-state index is 6.34. The molecule has 0 radical (unpaired) electrons. The van der Waals surface area contributed by atoms with E-state index in [0.717, 1.165) is 12.1 Å². The molecule has 0 bridgehead atoms. The third kappa shape index (κ3) is 5.66. The van der Waals surface area contributed by atoms with Crippen LogP contribution in [0.5, 0.6) is 0 Å². The topological polar surface area (TPSA) is 12.4 Å². The van der Waals surface area contributed by atoms with Gasteiger partial charge >= 0.3 is 0 Å². The van der Waals surface area contributed by atoms with Crippen LogP contribution in [-0.4, -0.2) is 22.5 Å². The van der Waals surface area contributed by atoms with Crippen molar-refractivity contribution < 1.29 is 0 Å². The largest absolute Gasteiger partial charge is 0.290 e. The Balaban J connectivity index is 4.37. The predicted molar refractivity (Wildman–Crippen MR) is 67.0 cm³/mol. The van der Waals surface area contributed by atoms with E-state index in [9.17, 15) is 0 Å². The predicted octanol–water partition coefficient (Wildman–Crippen LogP) is 4.04. The van der Waals surface area contributed by atoms with Gasteiger partial charge in [-0.2, -0.15) is 0 Å². The maximum Gasteiger partial charge on any atom is 0.0825 e. The number of aliphatic imine (C=N–C) groups is 1. The molecule has 0 N–H and O–H groups in total. The summed E-state index contributed by atoms with van der Waals surface area (Å²) in [6.07, 6.45) is 4.67. The van der Waals surface area contributed by atoms with Crippen molar-refractivity contribution in [3.63, 3.8) is 0 Å². The van der Waals surface area contributed by atoms with Crippen molar-refractivity contribution in [1.29, 1.82) is 0 Å². The van der Waals surface area contributed by atoms with Crippen LogP contribution in [0.15, 0.2) is 17.1 Å². The Morgan fingerprint density at radius 1 is 1.43 bits per heavy atom. The minimum absolute atomic E-state index is 0.296. The lowest BCUT2D eigenvalue weighted by molar-refractivity contribution is 0.779. The molecule has 1 nitrogen and oxygen atoms in total. The molecule has 0 saturated heterocycles. The normalized spacial score (nSPS) is 17.8. The number of hydrogen-bond donors (Lipinski definition) is 0. The van der Waals surface area contributed by atoms with Crippen LogP contribution in [0.25, 0.3) is 0 Å². The van der Waals surface area contributed by atoms with Crippen molar-refractivity contribution in [1.82, 2.24) is 0 Å². The molecule has 1 atom stereocenters. The third-order valence-corrected chi connectivity index (χ3v) is 2.57. The molecule has 14 heavy (non-hydrogen) atoms. The minimum Gasteiger partial charge on any atom is -0.290 e. The first-order valence-electron chi connectivity index (χ1n) is 4.85. The second-order valence-electron chi connectivity index (χ2n) is 3.84. The van der Waals surface area contributed by atoms with Gasteiger partial charge in [0, 0.05) is 17.6 Å². The van der Waals surface area contributed by atoms with Gasteiger partial charge in [-0.05, 0) is 34.1 Å². The third-order valence-electron chi connectivity index (χ3n) is 1.96. The highest BCUT2D eigenvalue weighted by Gasteiger charge is 2.22. The molecule has 1 unspecified atom stereocenters. The molecule has 0 aromatic carbocycles. The van der Waals surface area contributed by atoms with E-state index in [1.54, 1.807) is 0 Å². The Morgan fingerprint density at radius 2 is 2.00 bits per heavy atom. The minimum atomic E-state index is -0.382. The van der Waals surface area contributed by atoms with Gasteiger partial charge in [0.05, 0.1) is 4.87 Å². The zero-order chi connectivity index (χ0) is 11.2. The van der Waals surface area contributed by atoms with Crippen LogP contribution in [-0.2, 0) is 0 Å². The average Bonchev–Trinajstić information content (AvgIpc) is 2.03. The van der Waals surface area contributed by atoms with Gasteiger partial charge in [-0.15, -0.1) is 23.2 Å². The lowest BCUT2D eigenvalue weighted by Gasteiger charge is -2.21. The van der Waals surface area contributed by atoms with E-state index in [0.29, 0.717) is 11.9 Å². The zero-order valence-electron chi connectivity index (χ0n) is 9.35. The Hall–Kier alpha value is -0.0100. The highest BCUT2D eigenvalue weighted by atomic mass is 35.5. The summed E-state index contributed by atoms with van der Waals surface area (Å²) < 4.78 is 0. The summed E-state index contributed by atoms with van der Waals surface area (Å²) in [6.45, 7) is 8.05. The van der Waals surface area contributed by atoms with Crippen molar-refractivity contribution in [2.45, 2.75) is 45.0 Å². The van der Waals surface area contributed by atoms with Crippen molar-refractivity contribution in [2.75, 3.05) is 5.88 Å². The van der Waals surface area contributed by atoms with Crippen molar-refractivity contribution >= 4 is 28.9 Å². The molecule has 0 aliphatic carbocycles. The average molecular weight is 236 g/mol. The number of nitrogens with zero attached hydrogens (tertiary/aromatic N) is 1. The van der Waals surface area contributed by atoms with Crippen molar-refractivity contribution in [3.8, 4) is 0 Å². The summed E-state index contributed by atoms with van der Waals surface area (Å²) in [5.41, 5.74) is 0.980.